The van der Waals surface area contributed by atoms with Crippen molar-refractivity contribution in [3.8, 4) is 0 Å². The predicted molar refractivity (Wildman–Crippen MR) is 111 cm³/mol. The number of hydrogen-bond acceptors (Lipinski definition) is 4. The zero-order valence-electron chi connectivity index (χ0n) is 15.1. The highest BCUT2D eigenvalue weighted by molar-refractivity contribution is 7.99. The van der Waals surface area contributed by atoms with Crippen LogP contribution in [0.5, 0.6) is 0 Å². The molecule has 6 heteroatoms. The van der Waals surface area contributed by atoms with Gasteiger partial charge < -0.3 is 4.74 Å². The highest BCUT2D eigenvalue weighted by Crippen LogP contribution is 2.34. The molecule has 0 amide bonds. The Kier molecular flexibility index (Phi) is 5.53. The number of halogens is 1. The fourth-order valence-electron chi connectivity index (χ4n) is 3.37. The van der Waals surface area contributed by atoms with Crippen molar-refractivity contribution in [2.24, 2.45) is 0 Å². The van der Waals surface area contributed by atoms with E-state index in [9.17, 15) is 4.79 Å². The molecule has 2 heterocycles. The first-order chi connectivity index (χ1) is 13.1. The van der Waals surface area contributed by atoms with E-state index in [0.29, 0.717) is 27.6 Å². The lowest BCUT2D eigenvalue weighted by Gasteiger charge is -2.19. The van der Waals surface area contributed by atoms with E-state index in [1.165, 1.54) is 5.56 Å². The van der Waals surface area contributed by atoms with Crippen molar-refractivity contribution >= 4 is 34.3 Å². The summed E-state index contributed by atoms with van der Waals surface area (Å²) in [4.78, 5) is 18.0. The van der Waals surface area contributed by atoms with Gasteiger partial charge in [-0.05, 0) is 43.5 Å². The summed E-state index contributed by atoms with van der Waals surface area (Å²) in [6.07, 6.45) is 2.09. The van der Waals surface area contributed by atoms with Crippen molar-refractivity contribution in [1.29, 1.82) is 0 Å². The fourth-order valence-corrected chi connectivity index (χ4v) is 4.58. The SMILES string of the molecule is C[C@@H](Sc1nc2cc(Cl)ccc2c(=O)n1C[C@H]1CCCO1)c1ccccc1. The molecule has 27 heavy (non-hydrogen) atoms. The van der Waals surface area contributed by atoms with Gasteiger partial charge in [0.1, 0.15) is 0 Å². The number of fused-ring (bicyclic) bond motifs is 1. The maximum absolute atomic E-state index is 13.2. The highest BCUT2D eigenvalue weighted by atomic mass is 35.5. The highest BCUT2D eigenvalue weighted by Gasteiger charge is 2.21. The van der Waals surface area contributed by atoms with E-state index in [1.54, 1.807) is 34.5 Å². The molecule has 0 spiro atoms. The van der Waals surface area contributed by atoms with E-state index >= 15 is 0 Å². The molecule has 140 valence electrons. The monoisotopic (exact) mass is 400 g/mol. The second kappa shape index (κ2) is 8.05. The smallest absolute Gasteiger partial charge is 0.262 e. The van der Waals surface area contributed by atoms with Gasteiger partial charge in [-0.1, -0.05) is 53.7 Å². The summed E-state index contributed by atoms with van der Waals surface area (Å²) in [5, 5.41) is 2.06. The van der Waals surface area contributed by atoms with Crippen LogP contribution >= 0.6 is 23.4 Å². The minimum atomic E-state index is -0.0325. The first-order valence-corrected chi connectivity index (χ1v) is 10.4. The third-order valence-electron chi connectivity index (χ3n) is 4.84. The van der Waals surface area contributed by atoms with E-state index in [2.05, 4.69) is 19.1 Å². The molecular formula is C21H21ClN2O2S. The molecule has 0 radical (unpaired) electrons. The number of aromatic nitrogens is 2. The van der Waals surface area contributed by atoms with E-state index in [0.717, 1.165) is 19.4 Å². The largest absolute Gasteiger partial charge is 0.376 e. The first-order valence-electron chi connectivity index (χ1n) is 9.15. The predicted octanol–water partition coefficient (Wildman–Crippen LogP) is 5.08. The summed E-state index contributed by atoms with van der Waals surface area (Å²) in [5.74, 6) is 0. The molecule has 4 nitrogen and oxygen atoms in total. The number of nitrogens with zero attached hydrogens (tertiary/aromatic N) is 2. The second-order valence-corrected chi connectivity index (χ2v) is 8.52. The average molecular weight is 401 g/mol. The molecule has 1 fully saturated rings. The lowest BCUT2D eigenvalue weighted by Crippen LogP contribution is -2.29. The summed E-state index contributed by atoms with van der Waals surface area (Å²) in [6, 6.07) is 15.5. The molecule has 4 rings (SSSR count). The Morgan fingerprint density at radius 1 is 1.30 bits per heavy atom. The standard InChI is InChI=1S/C21H21ClN2O2S/c1-14(15-6-3-2-4-7-15)27-21-23-19-12-16(22)9-10-18(19)20(25)24(21)13-17-8-5-11-26-17/h2-4,6-7,9-10,12,14,17H,5,8,11,13H2,1H3/t14-,17-/m1/s1. The van der Waals surface area contributed by atoms with Crippen LogP contribution < -0.4 is 5.56 Å². The summed E-state index contributed by atoms with van der Waals surface area (Å²) >= 11 is 7.72. The second-order valence-electron chi connectivity index (χ2n) is 6.78. The van der Waals surface area contributed by atoms with Gasteiger partial charge in [-0.3, -0.25) is 9.36 Å². The minimum Gasteiger partial charge on any atom is -0.376 e. The Bertz CT molecular complexity index is 1000. The molecule has 2 aromatic carbocycles. The minimum absolute atomic E-state index is 0.0325. The molecular weight excluding hydrogens is 380 g/mol. The fraction of sp³-hybridized carbons (Fsp3) is 0.333. The van der Waals surface area contributed by atoms with E-state index < -0.39 is 0 Å². The van der Waals surface area contributed by atoms with E-state index in [4.69, 9.17) is 21.3 Å². The van der Waals surface area contributed by atoms with Crippen LogP contribution in [-0.2, 0) is 11.3 Å². The summed E-state index contributed by atoms with van der Waals surface area (Å²) in [7, 11) is 0. The zero-order chi connectivity index (χ0) is 18.8. The first kappa shape index (κ1) is 18.5. The Morgan fingerprint density at radius 2 is 2.11 bits per heavy atom. The maximum Gasteiger partial charge on any atom is 0.262 e. The molecule has 0 saturated carbocycles. The maximum atomic E-state index is 13.2. The van der Waals surface area contributed by atoms with Crippen LogP contribution in [0.4, 0.5) is 0 Å². The normalized spacial score (nSPS) is 18.1. The number of hydrogen-bond donors (Lipinski definition) is 0. The van der Waals surface area contributed by atoms with Gasteiger partial charge in [0.05, 0.1) is 23.6 Å². The average Bonchev–Trinajstić information content (AvgIpc) is 3.18. The van der Waals surface area contributed by atoms with Crippen LogP contribution in [0.3, 0.4) is 0 Å². The van der Waals surface area contributed by atoms with Gasteiger partial charge in [-0.15, -0.1) is 0 Å². The number of thioether (sulfide) groups is 1. The number of rotatable bonds is 5. The van der Waals surface area contributed by atoms with Crippen molar-refractivity contribution in [2.75, 3.05) is 6.61 Å². The van der Waals surface area contributed by atoms with Crippen molar-refractivity contribution in [1.82, 2.24) is 9.55 Å². The molecule has 3 aromatic rings. The van der Waals surface area contributed by atoms with Crippen LogP contribution in [-0.4, -0.2) is 22.3 Å². The molecule has 1 saturated heterocycles. The topological polar surface area (TPSA) is 44.1 Å². The van der Waals surface area contributed by atoms with Crippen LogP contribution in [0.15, 0.2) is 58.5 Å². The van der Waals surface area contributed by atoms with Gasteiger partial charge in [0.2, 0.25) is 0 Å². The van der Waals surface area contributed by atoms with Crippen LogP contribution in [0.2, 0.25) is 5.02 Å². The van der Waals surface area contributed by atoms with Crippen LogP contribution in [0, 0.1) is 0 Å². The molecule has 0 unspecified atom stereocenters. The molecule has 1 aliphatic heterocycles. The lowest BCUT2D eigenvalue weighted by molar-refractivity contribution is 0.0937. The van der Waals surface area contributed by atoms with Gasteiger partial charge in [-0.2, -0.15) is 0 Å². The third kappa shape index (κ3) is 4.05. The molecule has 1 aliphatic rings. The third-order valence-corrected chi connectivity index (χ3v) is 6.23. The molecule has 0 aliphatic carbocycles. The molecule has 1 aromatic heterocycles. The number of ether oxygens (including phenoxy) is 1. The van der Waals surface area contributed by atoms with Crippen molar-refractivity contribution in [3.63, 3.8) is 0 Å². The Labute approximate surface area is 167 Å². The van der Waals surface area contributed by atoms with Crippen LogP contribution in [0.1, 0.15) is 30.6 Å². The molecule has 0 N–H and O–H groups in total. The van der Waals surface area contributed by atoms with Gasteiger partial charge >= 0.3 is 0 Å². The van der Waals surface area contributed by atoms with Gasteiger partial charge in [0.15, 0.2) is 5.16 Å². The molecule has 2 atom stereocenters. The van der Waals surface area contributed by atoms with Crippen molar-refractivity contribution in [2.45, 2.75) is 42.8 Å². The van der Waals surface area contributed by atoms with Gasteiger partial charge in [0.25, 0.3) is 5.56 Å². The van der Waals surface area contributed by atoms with E-state index in [-0.39, 0.29) is 16.9 Å². The number of benzene rings is 2. The Balaban J connectivity index is 1.76. The van der Waals surface area contributed by atoms with Gasteiger partial charge in [-0.25, -0.2) is 4.98 Å². The Hall–Kier alpha value is -1.82. The van der Waals surface area contributed by atoms with Crippen molar-refractivity contribution in [3.05, 3.63) is 69.5 Å². The summed E-state index contributed by atoms with van der Waals surface area (Å²) in [6.45, 7) is 3.43. The molecule has 0 bridgehead atoms. The van der Waals surface area contributed by atoms with E-state index in [1.807, 2.05) is 18.2 Å². The van der Waals surface area contributed by atoms with Crippen molar-refractivity contribution < 1.29 is 4.74 Å². The summed E-state index contributed by atoms with van der Waals surface area (Å²) < 4.78 is 7.54. The van der Waals surface area contributed by atoms with Gasteiger partial charge in [0, 0.05) is 16.9 Å². The van der Waals surface area contributed by atoms with Crippen LogP contribution in [0.25, 0.3) is 10.9 Å². The quantitative estimate of drug-likeness (QED) is 0.442. The Morgan fingerprint density at radius 3 is 2.85 bits per heavy atom. The lowest BCUT2D eigenvalue weighted by atomic mass is 10.2. The summed E-state index contributed by atoms with van der Waals surface area (Å²) in [5.41, 5.74) is 1.81. The zero-order valence-corrected chi connectivity index (χ0v) is 16.7.